The molecule has 0 aromatic heterocycles. The monoisotopic (exact) mass is 824 g/mol. The highest BCUT2D eigenvalue weighted by Crippen LogP contribution is 2.23. The van der Waals surface area contributed by atoms with E-state index in [1.165, 1.54) is 57.8 Å². The molecule has 0 radical (unpaired) electrons. The molecule has 0 bridgehead atoms. The molecule has 1 saturated heterocycles. The standard InChI is InChI=1S/C47H85NO10/c1-3-5-7-9-11-13-15-17-19-20-21-23-24-26-28-30-32-34-39(50)42(52)38(37-57-47-45(55)44(54)43(53)41(36-49)58-47)48-46(56)40(51)35-33-31-29-27-25-22-18-16-14-12-10-8-6-4-2/h13-16,20-21,26,28,38-45,47,49-55H,3-12,17-19,22-25,27,29-37H2,1-2H3,(H,48,56)/b15-13+,16-14-,21-20+,28-26+. The van der Waals surface area contributed by atoms with Crippen molar-refractivity contribution < 1.29 is 50.0 Å². The van der Waals surface area contributed by atoms with Crippen molar-refractivity contribution in [1.82, 2.24) is 5.32 Å². The number of aliphatic hydroxyl groups is 7. The molecule has 58 heavy (non-hydrogen) atoms. The lowest BCUT2D eigenvalue weighted by Crippen LogP contribution is -2.60. The molecule has 9 unspecified atom stereocenters. The summed E-state index contributed by atoms with van der Waals surface area (Å²) in [6.07, 6.45) is 31.5. The first-order valence-corrected chi connectivity index (χ1v) is 23.0. The molecule has 0 saturated carbocycles. The van der Waals surface area contributed by atoms with Crippen LogP contribution in [0.1, 0.15) is 174 Å². The smallest absolute Gasteiger partial charge is 0.249 e. The molecule has 0 spiro atoms. The van der Waals surface area contributed by atoms with E-state index in [1.54, 1.807) is 0 Å². The first-order valence-electron chi connectivity index (χ1n) is 23.0. The maximum atomic E-state index is 13.1. The van der Waals surface area contributed by atoms with Gasteiger partial charge in [0.1, 0.15) is 36.6 Å². The van der Waals surface area contributed by atoms with E-state index >= 15 is 0 Å². The number of carbonyl (C=O) groups excluding carboxylic acids is 1. The number of amides is 1. The fourth-order valence-electron chi connectivity index (χ4n) is 6.94. The molecule has 11 nitrogen and oxygen atoms in total. The number of unbranched alkanes of at least 4 members (excludes halogenated alkanes) is 17. The molecule has 1 rings (SSSR count). The van der Waals surface area contributed by atoms with Crippen molar-refractivity contribution in [1.29, 1.82) is 0 Å². The summed E-state index contributed by atoms with van der Waals surface area (Å²) in [5.41, 5.74) is 0. The predicted molar refractivity (Wildman–Crippen MR) is 233 cm³/mol. The summed E-state index contributed by atoms with van der Waals surface area (Å²) < 4.78 is 11.1. The predicted octanol–water partition coefficient (Wildman–Crippen LogP) is 7.39. The molecule has 338 valence electrons. The number of rotatable bonds is 37. The number of allylic oxidation sites excluding steroid dienone is 8. The van der Waals surface area contributed by atoms with Crippen LogP contribution < -0.4 is 5.32 Å². The van der Waals surface area contributed by atoms with Gasteiger partial charge in [-0.1, -0.05) is 133 Å². The number of carbonyl (C=O) groups is 1. The minimum Gasteiger partial charge on any atom is -0.394 e. The van der Waals surface area contributed by atoms with Crippen LogP contribution in [0, 0.1) is 0 Å². The largest absolute Gasteiger partial charge is 0.394 e. The molecule has 1 heterocycles. The van der Waals surface area contributed by atoms with Crippen molar-refractivity contribution in [2.45, 2.75) is 229 Å². The minimum atomic E-state index is -1.67. The van der Waals surface area contributed by atoms with Gasteiger partial charge in [0.15, 0.2) is 6.29 Å². The van der Waals surface area contributed by atoms with E-state index in [0.717, 1.165) is 70.6 Å². The summed E-state index contributed by atoms with van der Waals surface area (Å²) in [6, 6.07) is -1.20. The van der Waals surface area contributed by atoms with Crippen molar-refractivity contribution >= 4 is 5.91 Å². The summed E-state index contributed by atoms with van der Waals surface area (Å²) in [7, 11) is 0. The summed E-state index contributed by atoms with van der Waals surface area (Å²) in [6.45, 7) is 3.36. The van der Waals surface area contributed by atoms with Crippen LogP contribution in [-0.4, -0.2) is 110 Å². The van der Waals surface area contributed by atoms with Crippen LogP contribution in [0.5, 0.6) is 0 Å². The van der Waals surface area contributed by atoms with E-state index in [-0.39, 0.29) is 12.8 Å². The maximum Gasteiger partial charge on any atom is 0.249 e. The molecule has 9 atom stereocenters. The Morgan fingerprint density at radius 2 is 1.03 bits per heavy atom. The van der Waals surface area contributed by atoms with Gasteiger partial charge in [-0.25, -0.2) is 0 Å². The van der Waals surface area contributed by atoms with Crippen LogP contribution in [0.2, 0.25) is 0 Å². The quantitative estimate of drug-likeness (QED) is 0.0232. The van der Waals surface area contributed by atoms with Gasteiger partial charge in [0.2, 0.25) is 5.91 Å². The number of ether oxygens (including phenoxy) is 2. The summed E-state index contributed by atoms with van der Waals surface area (Å²) in [4.78, 5) is 13.1. The third-order valence-electron chi connectivity index (χ3n) is 10.8. The second-order valence-corrected chi connectivity index (χ2v) is 16.1. The van der Waals surface area contributed by atoms with Gasteiger partial charge in [-0.15, -0.1) is 0 Å². The Hall–Kier alpha value is -1.93. The van der Waals surface area contributed by atoms with Crippen molar-refractivity contribution in [2.75, 3.05) is 13.2 Å². The molecule has 1 aliphatic rings. The Labute approximate surface area is 351 Å². The third-order valence-corrected chi connectivity index (χ3v) is 10.8. The van der Waals surface area contributed by atoms with E-state index in [2.05, 4.69) is 67.8 Å². The Kier molecular flexibility index (Phi) is 34.4. The maximum absolute atomic E-state index is 13.1. The zero-order valence-electron chi connectivity index (χ0n) is 36.3. The number of hydrogen-bond donors (Lipinski definition) is 8. The van der Waals surface area contributed by atoms with Crippen LogP contribution in [0.15, 0.2) is 48.6 Å². The zero-order valence-corrected chi connectivity index (χ0v) is 36.3. The van der Waals surface area contributed by atoms with E-state index in [1.807, 2.05) is 0 Å². The van der Waals surface area contributed by atoms with Crippen molar-refractivity contribution in [2.24, 2.45) is 0 Å². The van der Waals surface area contributed by atoms with Gasteiger partial charge in [-0.2, -0.15) is 0 Å². The van der Waals surface area contributed by atoms with Crippen LogP contribution in [-0.2, 0) is 14.3 Å². The molecular weight excluding hydrogens is 739 g/mol. The van der Waals surface area contributed by atoms with Gasteiger partial charge in [0.05, 0.1) is 25.4 Å². The van der Waals surface area contributed by atoms with Gasteiger partial charge in [0.25, 0.3) is 0 Å². The average Bonchev–Trinajstić information content (AvgIpc) is 3.22. The molecule has 0 aromatic rings. The molecule has 11 heteroatoms. The Morgan fingerprint density at radius 3 is 1.53 bits per heavy atom. The fourth-order valence-corrected chi connectivity index (χ4v) is 6.94. The average molecular weight is 824 g/mol. The SMILES string of the molecule is CCCCCC/C=C\CCCCCCCCC(O)C(=O)NC(COC1OC(CO)C(O)C(O)C1O)C(O)C(O)CCC/C=C/CC/C=C/CC/C=C/CCCCCC. The van der Waals surface area contributed by atoms with E-state index in [4.69, 9.17) is 9.47 Å². The first-order chi connectivity index (χ1) is 28.2. The van der Waals surface area contributed by atoms with E-state index < -0.39 is 74.2 Å². The third kappa shape index (κ3) is 26.3. The van der Waals surface area contributed by atoms with Crippen molar-refractivity contribution in [3.8, 4) is 0 Å². The molecule has 1 aliphatic heterocycles. The van der Waals surface area contributed by atoms with Crippen LogP contribution >= 0.6 is 0 Å². The molecule has 8 N–H and O–H groups in total. The molecule has 1 amide bonds. The topological polar surface area (TPSA) is 189 Å². The van der Waals surface area contributed by atoms with Crippen molar-refractivity contribution in [3.05, 3.63) is 48.6 Å². The molecular formula is C47H85NO10. The summed E-state index contributed by atoms with van der Waals surface area (Å²) in [5.74, 6) is -0.721. The number of aliphatic hydroxyl groups excluding tert-OH is 7. The van der Waals surface area contributed by atoms with Gasteiger partial charge < -0.3 is 50.5 Å². The molecule has 0 aliphatic carbocycles. The molecule has 0 aromatic carbocycles. The minimum absolute atomic E-state index is 0.238. The van der Waals surface area contributed by atoms with Crippen molar-refractivity contribution in [3.63, 3.8) is 0 Å². The highest BCUT2D eigenvalue weighted by atomic mass is 16.7. The van der Waals surface area contributed by atoms with E-state index in [9.17, 15) is 40.5 Å². The normalized spacial score (nSPS) is 22.4. The van der Waals surface area contributed by atoms with Crippen LogP contribution in [0.25, 0.3) is 0 Å². The lowest BCUT2D eigenvalue weighted by atomic mass is 9.98. The Balaban J connectivity index is 2.52. The summed E-state index contributed by atoms with van der Waals surface area (Å²) >= 11 is 0. The van der Waals surface area contributed by atoms with Gasteiger partial charge in [0, 0.05) is 0 Å². The summed E-state index contributed by atoms with van der Waals surface area (Å²) in [5, 5.41) is 75.6. The lowest BCUT2D eigenvalue weighted by Gasteiger charge is -2.40. The first kappa shape index (κ1) is 54.1. The Morgan fingerprint density at radius 1 is 0.586 bits per heavy atom. The number of nitrogens with one attached hydrogen (secondary N) is 1. The van der Waals surface area contributed by atoms with E-state index in [0.29, 0.717) is 19.3 Å². The second-order valence-electron chi connectivity index (χ2n) is 16.1. The van der Waals surface area contributed by atoms with Gasteiger partial charge >= 0.3 is 0 Å². The zero-order chi connectivity index (χ0) is 42.6. The van der Waals surface area contributed by atoms with Crippen LogP contribution in [0.3, 0.4) is 0 Å². The van der Waals surface area contributed by atoms with Gasteiger partial charge in [-0.05, 0) is 89.9 Å². The highest BCUT2D eigenvalue weighted by molar-refractivity contribution is 5.80. The van der Waals surface area contributed by atoms with Gasteiger partial charge in [-0.3, -0.25) is 4.79 Å². The fraction of sp³-hybridized carbons (Fsp3) is 0.809. The second kappa shape index (κ2) is 36.9. The number of hydrogen-bond acceptors (Lipinski definition) is 10. The van der Waals surface area contributed by atoms with Crippen LogP contribution in [0.4, 0.5) is 0 Å². The lowest BCUT2D eigenvalue weighted by molar-refractivity contribution is -0.303. The Bertz CT molecular complexity index is 1080. The highest BCUT2D eigenvalue weighted by Gasteiger charge is 2.44. The molecule has 1 fully saturated rings.